The second-order valence-corrected chi connectivity index (χ2v) is 4.38. The molecule has 0 saturated carbocycles. The first-order valence-corrected chi connectivity index (χ1v) is 5.65. The number of hydrogen-bond donors (Lipinski definition) is 0. The molecule has 0 aromatic carbocycles. The van der Waals surface area contributed by atoms with Crippen molar-refractivity contribution in [2.75, 3.05) is 14.2 Å². The van der Waals surface area contributed by atoms with E-state index in [1.54, 1.807) is 6.08 Å². The summed E-state index contributed by atoms with van der Waals surface area (Å²) in [5.41, 5.74) is 0.543. The number of amides is 1. The molecule has 6 nitrogen and oxygen atoms in total. The summed E-state index contributed by atoms with van der Waals surface area (Å²) in [7, 11) is 2.70. The highest BCUT2D eigenvalue weighted by Crippen LogP contribution is 2.34. The second kappa shape index (κ2) is 4.53. The maximum absolute atomic E-state index is 11.8. The van der Waals surface area contributed by atoms with Crippen LogP contribution >= 0.6 is 0 Å². The van der Waals surface area contributed by atoms with Gasteiger partial charge in [0.15, 0.2) is 11.9 Å². The molecule has 0 aromatic rings. The number of rotatable bonds is 3. The fourth-order valence-electron chi connectivity index (χ4n) is 2.45. The number of ether oxygens (including phenoxy) is 2. The molecule has 0 aromatic heterocycles. The lowest BCUT2D eigenvalue weighted by atomic mass is 9.84. The standard InChI is InChI=1S/C12H15NO5/c1-6(14)7-4-8-10(17-2)11(15)13(8)9(5-7)12(16)18-3/h4,8-10H,5H2,1-3H3/t8-,9+,10+/m0/s1. The van der Waals surface area contributed by atoms with Crippen LogP contribution in [0.5, 0.6) is 0 Å². The molecule has 0 radical (unpaired) electrons. The predicted molar refractivity (Wildman–Crippen MR) is 60.6 cm³/mol. The quantitative estimate of drug-likeness (QED) is 0.509. The minimum atomic E-state index is -0.720. The van der Waals surface area contributed by atoms with Gasteiger partial charge >= 0.3 is 5.97 Å². The Hall–Kier alpha value is -1.69. The largest absolute Gasteiger partial charge is 0.467 e. The zero-order valence-corrected chi connectivity index (χ0v) is 10.5. The van der Waals surface area contributed by atoms with E-state index in [1.807, 2.05) is 0 Å². The summed E-state index contributed by atoms with van der Waals surface area (Å²) < 4.78 is 9.73. The molecule has 1 saturated heterocycles. The van der Waals surface area contributed by atoms with E-state index in [2.05, 4.69) is 4.74 Å². The van der Waals surface area contributed by atoms with Gasteiger partial charge < -0.3 is 14.4 Å². The maximum atomic E-state index is 11.8. The number of esters is 1. The summed E-state index contributed by atoms with van der Waals surface area (Å²) in [6.07, 6.45) is 1.31. The van der Waals surface area contributed by atoms with Crippen LogP contribution in [0.3, 0.4) is 0 Å². The fourth-order valence-corrected chi connectivity index (χ4v) is 2.45. The average molecular weight is 253 g/mol. The third kappa shape index (κ3) is 1.73. The van der Waals surface area contributed by atoms with Gasteiger partial charge in [0.2, 0.25) is 0 Å². The highest BCUT2D eigenvalue weighted by molar-refractivity contribution is 5.99. The van der Waals surface area contributed by atoms with Crippen LogP contribution in [0.15, 0.2) is 11.6 Å². The predicted octanol–water partition coefficient (Wildman–Crippen LogP) is -0.327. The smallest absolute Gasteiger partial charge is 0.328 e. The van der Waals surface area contributed by atoms with E-state index in [0.717, 1.165) is 0 Å². The highest BCUT2D eigenvalue weighted by Gasteiger charge is 2.54. The molecular formula is C12H15NO5. The summed E-state index contributed by atoms with van der Waals surface area (Å²) in [4.78, 5) is 36.3. The molecule has 0 spiro atoms. The third-order valence-electron chi connectivity index (χ3n) is 3.43. The van der Waals surface area contributed by atoms with Gasteiger partial charge in [0.05, 0.1) is 13.2 Å². The number of nitrogens with zero attached hydrogens (tertiary/aromatic N) is 1. The molecule has 18 heavy (non-hydrogen) atoms. The van der Waals surface area contributed by atoms with Gasteiger partial charge in [0.25, 0.3) is 5.91 Å². The fraction of sp³-hybridized carbons (Fsp3) is 0.583. The summed E-state index contributed by atoms with van der Waals surface area (Å²) in [6, 6.07) is -1.07. The molecule has 0 bridgehead atoms. The van der Waals surface area contributed by atoms with Crippen LogP contribution in [0.1, 0.15) is 13.3 Å². The van der Waals surface area contributed by atoms with E-state index in [1.165, 1.54) is 26.0 Å². The van der Waals surface area contributed by atoms with Crippen molar-refractivity contribution in [1.29, 1.82) is 0 Å². The number of methoxy groups -OCH3 is 2. The van der Waals surface area contributed by atoms with Crippen LogP contribution in [0.25, 0.3) is 0 Å². The van der Waals surface area contributed by atoms with Crippen LogP contribution in [0.4, 0.5) is 0 Å². The summed E-state index contributed by atoms with van der Waals surface area (Å²) >= 11 is 0. The Morgan fingerprint density at radius 2 is 2.06 bits per heavy atom. The van der Waals surface area contributed by atoms with Crippen LogP contribution in [0, 0.1) is 0 Å². The van der Waals surface area contributed by atoms with Crippen LogP contribution < -0.4 is 0 Å². The molecule has 2 aliphatic heterocycles. The first kappa shape index (κ1) is 12.8. The maximum Gasteiger partial charge on any atom is 0.328 e. The summed E-state index contributed by atoms with van der Waals surface area (Å²) in [5.74, 6) is -0.843. The van der Waals surface area contributed by atoms with Gasteiger partial charge in [-0.15, -0.1) is 0 Å². The lowest BCUT2D eigenvalue weighted by molar-refractivity contribution is -0.179. The normalized spacial score (nSPS) is 30.2. The average Bonchev–Trinajstić information content (AvgIpc) is 2.36. The van der Waals surface area contributed by atoms with Crippen molar-refractivity contribution >= 4 is 17.7 Å². The molecule has 2 aliphatic rings. The van der Waals surface area contributed by atoms with Crippen LogP contribution in [-0.2, 0) is 23.9 Å². The SMILES string of the molecule is COC(=O)[C@H]1CC(C(C)=O)=C[C@H]2[C@@H](OC)C(=O)N12. The molecule has 1 fully saturated rings. The first-order valence-electron chi connectivity index (χ1n) is 5.65. The molecule has 98 valence electrons. The van der Waals surface area contributed by atoms with E-state index >= 15 is 0 Å². The van der Waals surface area contributed by atoms with E-state index in [4.69, 9.17) is 4.74 Å². The molecule has 6 heteroatoms. The van der Waals surface area contributed by atoms with Crippen LogP contribution in [-0.4, -0.2) is 55.0 Å². The Morgan fingerprint density at radius 3 is 2.56 bits per heavy atom. The number of β-lactam (4-membered cyclic amide) rings is 1. The number of carbonyl (C=O) groups is 3. The third-order valence-corrected chi connectivity index (χ3v) is 3.43. The van der Waals surface area contributed by atoms with Gasteiger partial charge in [0, 0.05) is 13.5 Å². The van der Waals surface area contributed by atoms with Crippen molar-refractivity contribution in [2.24, 2.45) is 0 Å². The Morgan fingerprint density at radius 1 is 1.39 bits per heavy atom. The summed E-state index contributed by atoms with van der Waals surface area (Å²) in [6.45, 7) is 1.44. The number of fused-ring (bicyclic) bond motifs is 1. The van der Waals surface area contributed by atoms with Crippen molar-refractivity contribution in [2.45, 2.75) is 31.5 Å². The zero-order chi connectivity index (χ0) is 13.4. The molecule has 1 amide bonds. The topological polar surface area (TPSA) is 72.9 Å². The minimum absolute atomic E-state index is 0.0993. The lowest BCUT2D eigenvalue weighted by Crippen LogP contribution is -2.70. The zero-order valence-electron chi connectivity index (χ0n) is 10.5. The van der Waals surface area contributed by atoms with Gasteiger partial charge in [-0.05, 0) is 12.5 Å². The molecule has 3 atom stereocenters. The monoisotopic (exact) mass is 253 g/mol. The van der Waals surface area contributed by atoms with Crippen molar-refractivity contribution < 1.29 is 23.9 Å². The second-order valence-electron chi connectivity index (χ2n) is 4.38. The molecule has 2 rings (SSSR count). The number of hydrogen-bond acceptors (Lipinski definition) is 5. The number of Topliss-reactive ketones (excluding diaryl/α,β-unsaturated/α-hetero) is 1. The summed E-state index contributed by atoms with van der Waals surface area (Å²) in [5, 5.41) is 0. The molecular weight excluding hydrogens is 238 g/mol. The van der Waals surface area contributed by atoms with E-state index < -0.39 is 18.1 Å². The van der Waals surface area contributed by atoms with Crippen molar-refractivity contribution in [3.05, 3.63) is 11.6 Å². The first-order chi connectivity index (χ1) is 8.51. The van der Waals surface area contributed by atoms with Gasteiger partial charge in [0.1, 0.15) is 6.04 Å². The Balaban J connectivity index is 2.31. The van der Waals surface area contributed by atoms with Gasteiger partial charge in [-0.2, -0.15) is 0 Å². The Labute approximate surface area is 105 Å². The molecule has 2 heterocycles. The molecule has 0 N–H and O–H groups in total. The number of ketones is 1. The number of carbonyl (C=O) groups excluding carboxylic acids is 3. The molecule has 0 aliphatic carbocycles. The van der Waals surface area contributed by atoms with Crippen molar-refractivity contribution in [3.8, 4) is 0 Å². The Kier molecular flexibility index (Phi) is 3.21. The lowest BCUT2D eigenvalue weighted by Gasteiger charge is -2.50. The van der Waals surface area contributed by atoms with Gasteiger partial charge in [-0.3, -0.25) is 9.59 Å². The highest BCUT2D eigenvalue weighted by atomic mass is 16.5. The minimum Gasteiger partial charge on any atom is -0.467 e. The van der Waals surface area contributed by atoms with Gasteiger partial charge in [-0.25, -0.2) is 4.79 Å². The van der Waals surface area contributed by atoms with E-state index in [0.29, 0.717) is 5.57 Å². The Bertz CT molecular complexity index is 442. The van der Waals surface area contributed by atoms with Crippen LogP contribution in [0.2, 0.25) is 0 Å². The van der Waals surface area contributed by atoms with Crippen molar-refractivity contribution in [3.63, 3.8) is 0 Å². The molecule has 0 unspecified atom stereocenters. The van der Waals surface area contributed by atoms with E-state index in [-0.39, 0.29) is 24.2 Å². The van der Waals surface area contributed by atoms with Gasteiger partial charge in [-0.1, -0.05) is 6.08 Å². The van der Waals surface area contributed by atoms with E-state index in [9.17, 15) is 14.4 Å². The van der Waals surface area contributed by atoms with Crippen molar-refractivity contribution in [1.82, 2.24) is 4.90 Å².